The van der Waals surface area contributed by atoms with E-state index in [4.69, 9.17) is 0 Å². The van der Waals surface area contributed by atoms with Gasteiger partial charge in [-0.2, -0.15) is 0 Å². The van der Waals surface area contributed by atoms with Crippen LogP contribution >= 0.6 is 11.3 Å². The summed E-state index contributed by atoms with van der Waals surface area (Å²) >= 11 is 1.74. The second kappa shape index (κ2) is 7.00. The number of hydrogen-bond acceptors (Lipinski definition) is 3. The molecule has 0 saturated heterocycles. The first-order chi connectivity index (χ1) is 17.7. The van der Waals surface area contributed by atoms with Gasteiger partial charge in [0.15, 0.2) is 0 Å². The van der Waals surface area contributed by atoms with Crippen molar-refractivity contribution in [2.75, 3.05) is 4.90 Å². The average Bonchev–Trinajstić information content (AvgIpc) is 3.46. The number of para-hydroxylation sites is 1. The van der Waals surface area contributed by atoms with Crippen molar-refractivity contribution < 1.29 is 9.59 Å². The van der Waals surface area contributed by atoms with Gasteiger partial charge in [-0.05, 0) is 79.0 Å². The normalized spacial score (nSPS) is 13.6. The number of amides is 2. The number of rotatable bonds is 2. The third-order valence-corrected chi connectivity index (χ3v) is 8.35. The van der Waals surface area contributed by atoms with E-state index in [1.807, 2.05) is 30.3 Å². The smallest absolute Gasteiger partial charge is 0.265 e. The van der Waals surface area contributed by atoms with Gasteiger partial charge in [-0.3, -0.25) is 9.59 Å². The van der Waals surface area contributed by atoms with E-state index in [2.05, 4.69) is 60.0 Å². The van der Waals surface area contributed by atoms with Gasteiger partial charge in [0.25, 0.3) is 11.8 Å². The maximum Gasteiger partial charge on any atom is 0.265 e. The Labute approximate surface area is 210 Å². The molecular weight excluding hydrogens is 462 g/mol. The van der Waals surface area contributed by atoms with E-state index >= 15 is 0 Å². The Balaban J connectivity index is 1.50. The Bertz CT molecular complexity index is 1950. The van der Waals surface area contributed by atoms with Crippen molar-refractivity contribution >= 4 is 71.9 Å². The molecule has 7 aromatic rings. The molecule has 0 unspecified atom stereocenters. The standard InChI is InChI=1S/C32H17NO2S/c34-31-25-15-13-23-21-9-4-8-20-19(27-10-5-17-36-27)11-12-22(28(20)21)24-14-16-26(30(25)29(23)24)32(35)33(31)18-6-2-1-3-7-18/h1-17H. The van der Waals surface area contributed by atoms with E-state index in [1.165, 1.54) is 26.1 Å². The summed E-state index contributed by atoms with van der Waals surface area (Å²) in [6.07, 6.45) is 0. The lowest BCUT2D eigenvalue weighted by Crippen LogP contribution is -2.40. The van der Waals surface area contributed by atoms with E-state index in [9.17, 15) is 9.59 Å². The quantitative estimate of drug-likeness (QED) is 0.142. The number of benzene rings is 6. The number of carbonyl (C=O) groups excluding carboxylic acids is 2. The number of hydrogen-bond donors (Lipinski definition) is 0. The van der Waals surface area contributed by atoms with Crippen LogP contribution in [0.3, 0.4) is 0 Å². The van der Waals surface area contributed by atoms with Crippen molar-refractivity contribution in [3.63, 3.8) is 0 Å². The molecule has 0 saturated carbocycles. The van der Waals surface area contributed by atoms with Gasteiger partial charge in [-0.25, -0.2) is 4.90 Å². The number of nitrogens with zero attached hydrogens (tertiary/aromatic N) is 1. The van der Waals surface area contributed by atoms with Gasteiger partial charge in [0.1, 0.15) is 0 Å². The summed E-state index contributed by atoms with van der Waals surface area (Å²) < 4.78 is 0. The SMILES string of the molecule is O=C1c2ccc3c4cccc5c(-c6cccs6)ccc(c6ccc(c2c36)C(=O)N1c1ccccc1)c54. The van der Waals surface area contributed by atoms with Gasteiger partial charge in [0, 0.05) is 21.4 Å². The van der Waals surface area contributed by atoms with Crippen molar-refractivity contribution in [1.82, 2.24) is 0 Å². The lowest BCUT2D eigenvalue weighted by molar-refractivity contribution is 0.0893. The molecule has 4 heteroatoms. The summed E-state index contributed by atoms with van der Waals surface area (Å²) in [6, 6.07) is 32.1. The first kappa shape index (κ1) is 19.7. The Morgan fingerprint density at radius 1 is 0.472 bits per heavy atom. The molecule has 1 aliphatic heterocycles. The molecule has 6 aromatic carbocycles. The first-order valence-electron chi connectivity index (χ1n) is 11.9. The minimum atomic E-state index is -0.278. The predicted molar refractivity (Wildman–Crippen MR) is 149 cm³/mol. The van der Waals surface area contributed by atoms with Gasteiger partial charge in [0.05, 0.1) is 5.69 Å². The fourth-order valence-electron chi connectivity index (χ4n) is 5.95. The van der Waals surface area contributed by atoms with Crippen molar-refractivity contribution in [2.45, 2.75) is 0 Å². The molecular formula is C32H17NO2S. The fourth-order valence-corrected chi connectivity index (χ4v) is 6.71. The van der Waals surface area contributed by atoms with Gasteiger partial charge < -0.3 is 0 Å². The molecule has 0 fully saturated rings. The van der Waals surface area contributed by atoms with E-state index in [1.54, 1.807) is 23.5 Å². The van der Waals surface area contributed by atoms with Crippen LogP contribution in [0.1, 0.15) is 20.7 Å². The van der Waals surface area contributed by atoms with Crippen LogP contribution in [-0.4, -0.2) is 11.8 Å². The molecule has 3 nitrogen and oxygen atoms in total. The zero-order chi connectivity index (χ0) is 24.0. The Kier molecular flexibility index (Phi) is 3.84. The molecule has 2 heterocycles. The highest BCUT2D eigenvalue weighted by Gasteiger charge is 2.35. The molecule has 0 N–H and O–H groups in total. The molecule has 36 heavy (non-hydrogen) atoms. The lowest BCUT2D eigenvalue weighted by atomic mass is 9.84. The lowest BCUT2D eigenvalue weighted by Gasteiger charge is -2.28. The molecule has 168 valence electrons. The van der Waals surface area contributed by atoms with Crippen molar-refractivity contribution in [3.8, 4) is 10.4 Å². The monoisotopic (exact) mass is 479 g/mol. The average molecular weight is 480 g/mol. The van der Waals surface area contributed by atoms with Crippen LogP contribution in [0.5, 0.6) is 0 Å². The van der Waals surface area contributed by atoms with Crippen LogP contribution in [0.25, 0.3) is 53.5 Å². The first-order valence-corrected chi connectivity index (χ1v) is 12.7. The highest BCUT2D eigenvalue weighted by molar-refractivity contribution is 7.13. The van der Waals surface area contributed by atoms with Crippen LogP contribution in [0.15, 0.2) is 102 Å². The molecule has 2 amide bonds. The minimum absolute atomic E-state index is 0.278. The molecule has 0 spiro atoms. The number of anilines is 1. The van der Waals surface area contributed by atoms with Crippen LogP contribution in [0, 0.1) is 0 Å². The molecule has 0 atom stereocenters. The highest BCUT2D eigenvalue weighted by atomic mass is 32.1. The van der Waals surface area contributed by atoms with E-state index in [-0.39, 0.29) is 11.8 Å². The van der Waals surface area contributed by atoms with Gasteiger partial charge in [-0.1, -0.05) is 66.7 Å². The number of imide groups is 1. The number of carbonyl (C=O) groups is 2. The maximum absolute atomic E-state index is 13.7. The van der Waals surface area contributed by atoms with Crippen LogP contribution in [0.4, 0.5) is 5.69 Å². The van der Waals surface area contributed by atoms with Crippen molar-refractivity contribution in [1.29, 1.82) is 0 Å². The maximum atomic E-state index is 13.7. The Morgan fingerprint density at radius 2 is 1.08 bits per heavy atom. The van der Waals surface area contributed by atoms with Crippen molar-refractivity contribution in [3.05, 3.63) is 114 Å². The zero-order valence-corrected chi connectivity index (χ0v) is 19.8. The number of thiophene rings is 1. The summed E-state index contributed by atoms with van der Waals surface area (Å²) in [5.74, 6) is -0.557. The second-order valence-electron chi connectivity index (χ2n) is 9.22. The topological polar surface area (TPSA) is 37.4 Å². The molecule has 1 aliphatic rings. The summed E-state index contributed by atoms with van der Waals surface area (Å²) in [4.78, 5) is 29.9. The van der Waals surface area contributed by atoms with Crippen LogP contribution < -0.4 is 4.90 Å². The predicted octanol–water partition coefficient (Wildman–Crippen LogP) is 8.27. The van der Waals surface area contributed by atoms with E-state index in [0.717, 1.165) is 32.3 Å². The molecule has 0 radical (unpaired) electrons. The largest absolute Gasteiger partial charge is 0.268 e. The fraction of sp³-hybridized carbons (Fsp3) is 0. The zero-order valence-electron chi connectivity index (χ0n) is 19.0. The van der Waals surface area contributed by atoms with Gasteiger partial charge in [-0.15, -0.1) is 11.3 Å². The van der Waals surface area contributed by atoms with Gasteiger partial charge in [0.2, 0.25) is 0 Å². The summed E-state index contributed by atoms with van der Waals surface area (Å²) in [5.41, 5.74) is 2.95. The third-order valence-electron chi connectivity index (χ3n) is 7.45. The molecule has 0 bridgehead atoms. The molecule has 8 rings (SSSR count). The minimum Gasteiger partial charge on any atom is -0.268 e. The van der Waals surface area contributed by atoms with Crippen molar-refractivity contribution in [2.24, 2.45) is 0 Å². The van der Waals surface area contributed by atoms with Gasteiger partial charge >= 0.3 is 0 Å². The number of fused-ring (bicyclic) bond motifs is 2. The van der Waals surface area contributed by atoms with Crippen LogP contribution in [0.2, 0.25) is 0 Å². The summed E-state index contributed by atoms with van der Waals surface area (Å²) in [7, 11) is 0. The Hall–Kier alpha value is -4.54. The van der Waals surface area contributed by atoms with Crippen LogP contribution in [-0.2, 0) is 0 Å². The third kappa shape index (κ3) is 2.41. The Morgan fingerprint density at radius 3 is 1.75 bits per heavy atom. The van der Waals surface area contributed by atoms with E-state index in [0.29, 0.717) is 16.8 Å². The molecule has 0 aliphatic carbocycles. The molecule has 1 aromatic heterocycles. The van der Waals surface area contributed by atoms with E-state index < -0.39 is 0 Å². The summed E-state index contributed by atoms with van der Waals surface area (Å²) in [6.45, 7) is 0. The second-order valence-corrected chi connectivity index (χ2v) is 10.2. The summed E-state index contributed by atoms with van der Waals surface area (Å²) in [5, 5.41) is 10.7. The highest BCUT2D eigenvalue weighted by Crippen LogP contribution is 2.46.